The molecule has 0 bridgehead atoms. The van der Waals surface area contributed by atoms with Gasteiger partial charge in [0, 0.05) is 43.9 Å². The summed E-state index contributed by atoms with van der Waals surface area (Å²) in [5.41, 5.74) is 2.46. The van der Waals surface area contributed by atoms with Gasteiger partial charge in [0.1, 0.15) is 0 Å². The van der Waals surface area contributed by atoms with Crippen LogP contribution in [0.1, 0.15) is 44.7 Å². The molecule has 170 valence electrons. The standard InChI is InChI=1S/C23H37N3O2S.HI/c1-4-24-23(26-11-14-29-22(16-26)18(2)3)25-15-19-5-7-20(8-6-19)17-28-21-9-12-27-13-10-21;/h5-8,18,21-22H,4,9-17H2,1-3H3,(H,24,25);1H. The van der Waals surface area contributed by atoms with Crippen LogP contribution in [0.15, 0.2) is 29.3 Å². The number of halogens is 1. The van der Waals surface area contributed by atoms with Gasteiger partial charge in [-0.2, -0.15) is 11.8 Å². The normalized spacial score (nSPS) is 20.9. The lowest BCUT2D eigenvalue weighted by Crippen LogP contribution is -2.49. The quantitative estimate of drug-likeness (QED) is 0.309. The Morgan fingerprint density at radius 2 is 1.93 bits per heavy atom. The van der Waals surface area contributed by atoms with E-state index in [1.54, 1.807) is 0 Å². The highest BCUT2D eigenvalue weighted by Crippen LogP contribution is 2.25. The van der Waals surface area contributed by atoms with E-state index in [2.05, 4.69) is 67.0 Å². The Morgan fingerprint density at radius 1 is 1.23 bits per heavy atom. The molecular formula is C23H38IN3O2S. The molecule has 30 heavy (non-hydrogen) atoms. The highest BCUT2D eigenvalue weighted by molar-refractivity contribution is 14.0. The minimum atomic E-state index is 0. The molecule has 7 heteroatoms. The molecule has 0 aliphatic carbocycles. The van der Waals surface area contributed by atoms with E-state index in [-0.39, 0.29) is 24.0 Å². The summed E-state index contributed by atoms with van der Waals surface area (Å²) in [6, 6.07) is 8.70. The summed E-state index contributed by atoms with van der Waals surface area (Å²) >= 11 is 2.10. The largest absolute Gasteiger partial charge is 0.381 e. The first kappa shape index (κ1) is 25.7. The topological polar surface area (TPSA) is 46.1 Å². The monoisotopic (exact) mass is 547 g/mol. The summed E-state index contributed by atoms with van der Waals surface area (Å²) in [6.07, 6.45) is 2.35. The molecule has 1 unspecified atom stereocenters. The van der Waals surface area contributed by atoms with Crippen molar-refractivity contribution in [2.75, 3.05) is 38.6 Å². The third kappa shape index (κ3) is 8.20. The van der Waals surface area contributed by atoms with E-state index in [0.29, 0.717) is 30.4 Å². The fourth-order valence-electron chi connectivity index (χ4n) is 3.66. The first-order chi connectivity index (χ1) is 14.2. The van der Waals surface area contributed by atoms with Crippen LogP contribution in [0.25, 0.3) is 0 Å². The number of guanidine groups is 1. The van der Waals surface area contributed by atoms with Gasteiger partial charge in [-0.1, -0.05) is 38.1 Å². The first-order valence-corrected chi connectivity index (χ1v) is 12.1. The second-order valence-electron chi connectivity index (χ2n) is 8.21. The van der Waals surface area contributed by atoms with Crippen LogP contribution < -0.4 is 5.32 Å². The zero-order valence-corrected chi connectivity index (χ0v) is 21.8. The van der Waals surface area contributed by atoms with Gasteiger partial charge in [0.25, 0.3) is 0 Å². The molecule has 2 aliphatic rings. The van der Waals surface area contributed by atoms with E-state index >= 15 is 0 Å². The summed E-state index contributed by atoms with van der Waals surface area (Å²) < 4.78 is 11.4. The Balaban J connectivity index is 0.00000320. The molecular weight excluding hydrogens is 509 g/mol. The molecule has 0 amide bonds. The smallest absolute Gasteiger partial charge is 0.194 e. The van der Waals surface area contributed by atoms with Gasteiger partial charge in [0.15, 0.2) is 5.96 Å². The van der Waals surface area contributed by atoms with Gasteiger partial charge in [-0.3, -0.25) is 0 Å². The van der Waals surface area contributed by atoms with E-state index in [4.69, 9.17) is 14.5 Å². The number of aliphatic imine (C=N–C) groups is 1. The summed E-state index contributed by atoms with van der Waals surface area (Å²) in [7, 11) is 0. The third-order valence-corrected chi connectivity index (χ3v) is 7.10. The van der Waals surface area contributed by atoms with Crippen LogP contribution in [0.3, 0.4) is 0 Å². The van der Waals surface area contributed by atoms with Crippen molar-refractivity contribution in [1.82, 2.24) is 10.2 Å². The molecule has 1 atom stereocenters. The highest BCUT2D eigenvalue weighted by atomic mass is 127. The van der Waals surface area contributed by atoms with Crippen LogP contribution in [0.5, 0.6) is 0 Å². The van der Waals surface area contributed by atoms with Gasteiger partial charge >= 0.3 is 0 Å². The second kappa shape index (κ2) is 13.8. The molecule has 0 radical (unpaired) electrons. The Bertz CT molecular complexity index is 636. The van der Waals surface area contributed by atoms with Gasteiger partial charge in [0.2, 0.25) is 0 Å². The fraction of sp³-hybridized carbons (Fsp3) is 0.696. The van der Waals surface area contributed by atoms with Crippen LogP contribution in [0.4, 0.5) is 0 Å². The van der Waals surface area contributed by atoms with Crippen molar-refractivity contribution in [1.29, 1.82) is 0 Å². The highest BCUT2D eigenvalue weighted by Gasteiger charge is 2.24. The molecule has 1 N–H and O–H groups in total. The minimum Gasteiger partial charge on any atom is -0.381 e. The third-order valence-electron chi connectivity index (χ3n) is 5.56. The van der Waals surface area contributed by atoms with Crippen LogP contribution in [0, 0.1) is 5.92 Å². The summed E-state index contributed by atoms with van der Waals surface area (Å²) in [4.78, 5) is 7.36. The van der Waals surface area contributed by atoms with Gasteiger partial charge in [-0.25, -0.2) is 4.99 Å². The summed E-state index contributed by atoms with van der Waals surface area (Å²) in [5.74, 6) is 2.92. The SMILES string of the molecule is CCNC(=NCc1ccc(COC2CCOCC2)cc1)N1CCSC(C(C)C)C1.I. The van der Waals surface area contributed by atoms with Crippen molar-refractivity contribution in [3.63, 3.8) is 0 Å². The molecule has 0 aromatic heterocycles. The summed E-state index contributed by atoms with van der Waals surface area (Å²) in [6.45, 7) is 12.9. The van der Waals surface area contributed by atoms with Crippen molar-refractivity contribution < 1.29 is 9.47 Å². The Hall–Kier alpha value is -0.510. The van der Waals surface area contributed by atoms with E-state index in [9.17, 15) is 0 Å². The number of thioether (sulfide) groups is 1. The van der Waals surface area contributed by atoms with E-state index in [0.717, 1.165) is 51.6 Å². The van der Waals surface area contributed by atoms with E-state index < -0.39 is 0 Å². The molecule has 2 aliphatic heterocycles. The van der Waals surface area contributed by atoms with Crippen LogP contribution in [-0.4, -0.2) is 60.8 Å². The maximum atomic E-state index is 6.02. The van der Waals surface area contributed by atoms with Crippen molar-refractivity contribution in [3.05, 3.63) is 35.4 Å². The van der Waals surface area contributed by atoms with Crippen LogP contribution >= 0.6 is 35.7 Å². The Morgan fingerprint density at radius 3 is 2.60 bits per heavy atom. The van der Waals surface area contributed by atoms with Crippen molar-refractivity contribution in [2.45, 2.75) is 58.1 Å². The van der Waals surface area contributed by atoms with Crippen molar-refractivity contribution in [2.24, 2.45) is 10.9 Å². The number of hydrogen-bond acceptors (Lipinski definition) is 4. The molecule has 3 rings (SSSR count). The molecule has 0 saturated carbocycles. The second-order valence-corrected chi connectivity index (χ2v) is 9.56. The van der Waals surface area contributed by atoms with Gasteiger partial charge in [-0.05, 0) is 36.8 Å². The van der Waals surface area contributed by atoms with Gasteiger partial charge in [-0.15, -0.1) is 24.0 Å². The summed E-state index contributed by atoms with van der Waals surface area (Å²) in [5, 5.41) is 4.17. The lowest BCUT2D eigenvalue weighted by molar-refractivity contribution is -0.0390. The number of hydrogen-bond donors (Lipinski definition) is 1. The number of nitrogens with zero attached hydrogens (tertiary/aromatic N) is 2. The lowest BCUT2D eigenvalue weighted by Gasteiger charge is -2.36. The molecule has 2 saturated heterocycles. The lowest BCUT2D eigenvalue weighted by atomic mass is 10.1. The number of nitrogens with one attached hydrogen (secondary N) is 1. The van der Waals surface area contributed by atoms with E-state index in [1.807, 2.05) is 0 Å². The van der Waals surface area contributed by atoms with Gasteiger partial charge in [0.05, 0.1) is 19.3 Å². The predicted octanol–water partition coefficient (Wildman–Crippen LogP) is 4.54. The molecule has 2 heterocycles. The number of benzene rings is 1. The number of rotatable bonds is 7. The fourth-order valence-corrected chi connectivity index (χ4v) is 4.96. The Kier molecular flexibility index (Phi) is 11.8. The van der Waals surface area contributed by atoms with E-state index in [1.165, 1.54) is 16.9 Å². The minimum absolute atomic E-state index is 0. The zero-order valence-electron chi connectivity index (χ0n) is 18.6. The van der Waals surface area contributed by atoms with Gasteiger partial charge < -0.3 is 19.7 Å². The van der Waals surface area contributed by atoms with Crippen LogP contribution in [0.2, 0.25) is 0 Å². The average Bonchev–Trinajstić information content (AvgIpc) is 2.76. The van der Waals surface area contributed by atoms with Crippen molar-refractivity contribution in [3.8, 4) is 0 Å². The average molecular weight is 548 g/mol. The molecule has 2 fully saturated rings. The first-order valence-electron chi connectivity index (χ1n) is 11.1. The zero-order chi connectivity index (χ0) is 20.5. The van der Waals surface area contributed by atoms with Crippen LogP contribution in [-0.2, 0) is 22.6 Å². The molecule has 1 aromatic carbocycles. The maximum Gasteiger partial charge on any atom is 0.194 e. The maximum absolute atomic E-state index is 6.02. The van der Waals surface area contributed by atoms with Crippen molar-refractivity contribution >= 4 is 41.7 Å². The predicted molar refractivity (Wildman–Crippen MR) is 138 cm³/mol. The number of ether oxygens (including phenoxy) is 2. The molecule has 1 aromatic rings. The Labute approximate surface area is 203 Å². The molecule has 5 nitrogen and oxygen atoms in total. The molecule has 0 spiro atoms.